The van der Waals surface area contributed by atoms with Crippen LogP contribution in [0.5, 0.6) is 0 Å². The van der Waals surface area contributed by atoms with Gasteiger partial charge in [0.05, 0.1) is 0 Å². The van der Waals surface area contributed by atoms with E-state index in [1.165, 1.54) is 116 Å². The minimum atomic E-state index is -0.827. The van der Waals surface area contributed by atoms with Crippen molar-refractivity contribution < 1.29 is 28.6 Å². The third-order valence-electron chi connectivity index (χ3n) is 12.4. The molecule has 0 aromatic carbocycles. The molecule has 0 N–H and O–H groups in total. The molecule has 0 saturated carbocycles. The van der Waals surface area contributed by atoms with Crippen LogP contribution in [0.3, 0.4) is 0 Å². The molecule has 0 aliphatic rings. The van der Waals surface area contributed by atoms with E-state index in [0.717, 1.165) is 103 Å². The predicted octanol–water partition coefficient (Wildman–Crippen LogP) is 20.4. The molecule has 6 nitrogen and oxygen atoms in total. The monoisotopic (exact) mass is 1010 g/mol. The highest BCUT2D eigenvalue weighted by atomic mass is 16.6. The van der Waals surface area contributed by atoms with Crippen LogP contribution in [0.1, 0.15) is 265 Å². The summed E-state index contributed by atoms with van der Waals surface area (Å²) in [5, 5.41) is 0. The van der Waals surface area contributed by atoms with Gasteiger partial charge < -0.3 is 14.2 Å². The summed E-state index contributed by atoms with van der Waals surface area (Å²) < 4.78 is 16.8. The smallest absolute Gasteiger partial charge is 0.306 e. The second kappa shape index (κ2) is 60.4. The van der Waals surface area contributed by atoms with Gasteiger partial charge in [-0.1, -0.05) is 251 Å². The van der Waals surface area contributed by atoms with E-state index >= 15 is 0 Å². The van der Waals surface area contributed by atoms with E-state index in [2.05, 4.69) is 130 Å². The number of allylic oxidation sites excluding steroid dienone is 20. The van der Waals surface area contributed by atoms with Crippen LogP contribution in [0.15, 0.2) is 122 Å². The number of ether oxygens (including phenoxy) is 3. The van der Waals surface area contributed by atoms with Crippen molar-refractivity contribution in [2.24, 2.45) is 0 Å². The maximum atomic E-state index is 12.8. The van der Waals surface area contributed by atoms with E-state index in [4.69, 9.17) is 14.2 Å². The first-order chi connectivity index (χ1) is 36.0. The Balaban J connectivity index is 4.41. The van der Waals surface area contributed by atoms with Crippen LogP contribution in [0, 0.1) is 0 Å². The number of rotatable bonds is 53. The molecule has 0 spiro atoms. The van der Waals surface area contributed by atoms with Crippen molar-refractivity contribution in [1.29, 1.82) is 0 Å². The fourth-order valence-electron chi connectivity index (χ4n) is 7.93. The lowest BCUT2D eigenvalue weighted by Gasteiger charge is -2.18. The summed E-state index contributed by atoms with van der Waals surface area (Å²) in [6.45, 7) is 6.40. The molecule has 1 unspecified atom stereocenters. The number of esters is 3. The predicted molar refractivity (Wildman–Crippen MR) is 316 cm³/mol. The highest BCUT2D eigenvalue weighted by molar-refractivity contribution is 5.71. The zero-order valence-corrected chi connectivity index (χ0v) is 47.4. The standard InChI is InChI=1S/C67H110O6/c1-4-7-10-13-16-19-22-24-26-28-30-31-32-33-34-35-37-38-40-42-45-48-51-54-57-60-66(69)72-63-64(62-71-65(68)59-56-53-50-47-44-21-18-15-12-9-6-3)73-67(70)61-58-55-52-49-46-43-41-39-36-29-27-25-23-20-17-14-11-8-5-2/h8,11,15,17-18,20,22,24-25,27-28,30,32-33,36,39,43,46,52,55,64H,4-7,9-10,12-14,16,19,21,23,26,29,31,34-35,37-38,40-42,44-45,47-51,53-54,56-63H2,1-3H3/b11-8-,18-15-,20-17-,24-22-,27-25-,30-28-,33-32-,39-36-,46-43-,55-52-. The average molecular weight is 1010 g/mol. The molecule has 0 aliphatic heterocycles. The van der Waals surface area contributed by atoms with E-state index in [9.17, 15) is 14.4 Å². The van der Waals surface area contributed by atoms with Crippen molar-refractivity contribution in [3.8, 4) is 0 Å². The Labute approximate surface area is 450 Å². The molecule has 0 heterocycles. The SMILES string of the molecule is CC/C=C\C/C=C\C/C=C\C/C=C\C/C=C\C/C=C\CCC(=O)OC(COC(=O)CCCCCCC/C=C\CCCC)COC(=O)CCCCCCCCCCCC/C=C\C/C=C\C/C=C\CCCCCCC. The molecule has 0 aromatic rings. The quantitative estimate of drug-likeness (QED) is 0.0261. The lowest BCUT2D eigenvalue weighted by molar-refractivity contribution is -0.166. The number of carbonyl (C=O) groups is 3. The lowest BCUT2D eigenvalue weighted by atomic mass is 10.1. The van der Waals surface area contributed by atoms with Gasteiger partial charge in [0.2, 0.25) is 0 Å². The topological polar surface area (TPSA) is 78.9 Å². The van der Waals surface area contributed by atoms with Crippen molar-refractivity contribution in [2.75, 3.05) is 13.2 Å². The van der Waals surface area contributed by atoms with Gasteiger partial charge in [-0.25, -0.2) is 0 Å². The van der Waals surface area contributed by atoms with Gasteiger partial charge in [0.15, 0.2) is 6.10 Å². The fraction of sp³-hybridized carbons (Fsp3) is 0.657. The minimum absolute atomic E-state index is 0.115. The maximum absolute atomic E-state index is 12.8. The summed E-state index contributed by atoms with van der Waals surface area (Å²) in [6, 6.07) is 0. The summed E-state index contributed by atoms with van der Waals surface area (Å²) in [5.74, 6) is -1.02. The van der Waals surface area contributed by atoms with Crippen LogP contribution in [-0.2, 0) is 28.6 Å². The zero-order valence-electron chi connectivity index (χ0n) is 47.4. The third-order valence-corrected chi connectivity index (χ3v) is 12.4. The Bertz CT molecular complexity index is 1540. The van der Waals surface area contributed by atoms with Gasteiger partial charge in [-0.05, 0) is 116 Å². The van der Waals surface area contributed by atoms with Crippen molar-refractivity contribution in [3.63, 3.8) is 0 Å². The Hall–Kier alpha value is -4.19. The van der Waals surface area contributed by atoms with E-state index in [-0.39, 0.29) is 31.6 Å². The summed E-state index contributed by atoms with van der Waals surface area (Å²) in [7, 11) is 0. The van der Waals surface area contributed by atoms with Crippen LogP contribution in [0.25, 0.3) is 0 Å². The first kappa shape index (κ1) is 68.8. The first-order valence-corrected chi connectivity index (χ1v) is 30.0. The largest absolute Gasteiger partial charge is 0.462 e. The van der Waals surface area contributed by atoms with Gasteiger partial charge in [-0.3, -0.25) is 14.4 Å². The number of hydrogen-bond acceptors (Lipinski definition) is 6. The lowest BCUT2D eigenvalue weighted by Crippen LogP contribution is -2.30. The molecule has 414 valence electrons. The summed E-state index contributed by atoms with van der Waals surface area (Å²) >= 11 is 0. The van der Waals surface area contributed by atoms with Gasteiger partial charge >= 0.3 is 17.9 Å². The van der Waals surface area contributed by atoms with Gasteiger partial charge in [0.1, 0.15) is 13.2 Å². The maximum Gasteiger partial charge on any atom is 0.306 e. The highest BCUT2D eigenvalue weighted by Crippen LogP contribution is 2.14. The van der Waals surface area contributed by atoms with Crippen molar-refractivity contribution in [2.45, 2.75) is 271 Å². The molecule has 1 atom stereocenters. The Morgan fingerprint density at radius 2 is 0.575 bits per heavy atom. The van der Waals surface area contributed by atoms with Gasteiger partial charge in [-0.15, -0.1) is 0 Å². The second-order valence-electron chi connectivity index (χ2n) is 19.5. The molecule has 0 aliphatic carbocycles. The molecule has 0 aromatic heterocycles. The normalized spacial score (nSPS) is 13.0. The zero-order chi connectivity index (χ0) is 52.9. The third kappa shape index (κ3) is 58.6. The Morgan fingerprint density at radius 3 is 0.945 bits per heavy atom. The summed E-state index contributed by atoms with van der Waals surface area (Å²) in [6.07, 6.45) is 83.6. The molecular formula is C67H110O6. The van der Waals surface area contributed by atoms with Crippen molar-refractivity contribution in [1.82, 2.24) is 0 Å². The van der Waals surface area contributed by atoms with Crippen LogP contribution < -0.4 is 0 Å². The molecule has 6 heteroatoms. The highest BCUT2D eigenvalue weighted by Gasteiger charge is 2.19. The fourth-order valence-corrected chi connectivity index (χ4v) is 7.93. The number of carbonyl (C=O) groups excluding carboxylic acids is 3. The molecule has 0 amide bonds. The van der Waals surface area contributed by atoms with Crippen molar-refractivity contribution in [3.05, 3.63) is 122 Å². The Kier molecular flexibility index (Phi) is 56.9. The van der Waals surface area contributed by atoms with E-state index in [1.807, 2.05) is 12.2 Å². The van der Waals surface area contributed by atoms with Crippen LogP contribution >= 0.6 is 0 Å². The van der Waals surface area contributed by atoms with Gasteiger partial charge in [-0.2, -0.15) is 0 Å². The van der Waals surface area contributed by atoms with E-state index in [0.29, 0.717) is 19.3 Å². The van der Waals surface area contributed by atoms with E-state index < -0.39 is 12.1 Å². The van der Waals surface area contributed by atoms with E-state index in [1.54, 1.807) is 0 Å². The molecule has 0 rings (SSSR count). The van der Waals surface area contributed by atoms with Crippen LogP contribution in [-0.4, -0.2) is 37.2 Å². The number of hydrogen-bond donors (Lipinski definition) is 0. The molecule has 0 fully saturated rings. The summed E-state index contributed by atoms with van der Waals surface area (Å²) in [4.78, 5) is 38.1. The average Bonchev–Trinajstić information content (AvgIpc) is 3.39. The van der Waals surface area contributed by atoms with Gasteiger partial charge in [0, 0.05) is 19.3 Å². The summed E-state index contributed by atoms with van der Waals surface area (Å²) in [5.41, 5.74) is 0. The van der Waals surface area contributed by atoms with Gasteiger partial charge in [0.25, 0.3) is 0 Å². The molecular weight excluding hydrogens is 901 g/mol. The minimum Gasteiger partial charge on any atom is -0.462 e. The molecule has 73 heavy (non-hydrogen) atoms. The van der Waals surface area contributed by atoms with Crippen LogP contribution in [0.4, 0.5) is 0 Å². The van der Waals surface area contributed by atoms with Crippen LogP contribution in [0.2, 0.25) is 0 Å². The second-order valence-corrected chi connectivity index (χ2v) is 19.5. The molecule has 0 saturated heterocycles. The molecule has 0 bridgehead atoms. The Morgan fingerprint density at radius 1 is 0.288 bits per heavy atom. The molecule has 0 radical (unpaired) electrons. The van der Waals surface area contributed by atoms with Crippen molar-refractivity contribution >= 4 is 17.9 Å². The first-order valence-electron chi connectivity index (χ1n) is 30.0. The number of unbranched alkanes of at least 4 members (excludes halogenated alkanes) is 22.